The van der Waals surface area contributed by atoms with Gasteiger partial charge in [0.05, 0.1) is 17.9 Å². The molecule has 1 aliphatic heterocycles. The molecule has 0 saturated carbocycles. The van der Waals surface area contributed by atoms with E-state index in [1.54, 1.807) is 0 Å². The lowest BCUT2D eigenvalue weighted by Crippen LogP contribution is -2.32. The molecule has 0 aliphatic carbocycles. The number of hydrogen-bond acceptors (Lipinski definition) is 4. The molecule has 5 nitrogen and oxygen atoms in total. The van der Waals surface area contributed by atoms with Crippen molar-refractivity contribution < 1.29 is 14.3 Å². The standard InChI is InChI=1S/C28H28N2O3/c1-5-20-8-12-22(13-9-20)30-27(31)25(21-10-14-23(15-11-21)33-6-2)26(28(30)32)29-24-16-7-18(3)17-19(24)4/h7-17,29H,5-6H2,1-4H3. The molecule has 4 rings (SSSR count). The summed E-state index contributed by atoms with van der Waals surface area (Å²) in [5, 5.41) is 3.26. The largest absolute Gasteiger partial charge is 0.494 e. The smallest absolute Gasteiger partial charge is 0.282 e. The molecule has 2 amide bonds. The third-order valence-electron chi connectivity index (χ3n) is 5.78. The molecule has 168 valence electrons. The van der Waals surface area contributed by atoms with Crippen LogP contribution in [0.25, 0.3) is 5.57 Å². The van der Waals surface area contributed by atoms with E-state index >= 15 is 0 Å². The maximum absolute atomic E-state index is 13.6. The number of amides is 2. The Labute approximate surface area is 194 Å². The van der Waals surface area contributed by atoms with Gasteiger partial charge in [0.15, 0.2) is 0 Å². The van der Waals surface area contributed by atoms with Crippen molar-refractivity contribution in [3.63, 3.8) is 0 Å². The lowest BCUT2D eigenvalue weighted by Gasteiger charge is -2.16. The van der Waals surface area contributed by atoms with Gasteiger partial charge < -0.3 is 10.1 Å². The fourth-order valence-electron chi connectivity index (χ4n) is 4.00. The SMILES string of the molecule is CCOc1ccc(C2=C(Nc3ccc(C)cc3C)C(=O)N(c3ccc(CC)cc3)C2=O)cc1. The summed E-state index contributed by atoms with van der Waals surface area (Å²) in [4.78, 5) is 28.4. The molecular formula is C28H28N2O3. The first kappa shape index (κ1) is 22.3. The quantitative estimate of drug-likeness (QED) is 0.482. The number of nitrogens with zero attached hydrogens (tertiary/aromatic N) is 1. The van der Waals surface area contributed by atoms with E-state index in [0.717, 1.165) is 34.5 Å². The molecule has 0 fully saturated rings. The van der Waals surface area contributed by atoms with E-state index < -0.39 is 0 Å². The molecular weight excluding hydrogens is 412 g/mol. The predicted molar refractivity (Wildman–Crippen MR) is 132 cm³/mol. The predicted octanol–water partition coefficient (Wildman–Crippen LogP) is 5.66. The summed E-state index contributed by atoms with van der Waals surface area (Å²) >= 11 is 0. The maximum atomic E-state index is 13.6. The minimum atomic E-state index is -0.367. The summed E-state index contributed by atoms with van der Waals surface area (Å²) in [5.41, 5.74) is 5.91. The highest BCUT2D eigenvalue weighted by molar-refractivity contribution is 6.46. The second-order valence-corrected chi connectivity index (χ2v) is 8.12. The van der Waals surface area contributed by atoms with Gasteiger partial charge in [0.1, 0.15) is 11.4 Å². The van der Waals surface area contributed by atoms with Gasteiger partial charge in [-0.25, -0.2) is 4.90 Å². The first-order valence-corrected chi connectivity index (χ1v) is 11.2. The number of aryl methyl sites for hydroxylation is 3. The highest BCUT2D eigenvalue weighted by Gasteiger charge is 2.40. The second-order valence-electron chi connectivity index (χ2n) is 8.12. The van der Waals surface area contributed by atoms with Gasteiger partial charge >= 0.3 is 0 Å². The Morgan fingerprint density at radius 2 is 1.55 bits per heavy atom. The van der Waals surface area contributed by atoms with Crippen molar-refractivity contribution in [3.05, 3.63) is 94.7 Å². The molecule has 5 heteroatoms. The van der Waals surface area contributed by atoms with Crippen LogP contribution in [0.1, 0.15) is 36.1 Å². The molecule has 3 aromatic carbocycles. The molecule has 0 bridgehead atoms. The molecule has 0 atom stereocenters. The van der Waals surface area contributed by atoms with Crippen molar-refractivity contribution in [2.45, 2.75) is 34.1 Å². The average Bonchev–Trinajstić information content (AvgIpc) is 3.06. The molecule has 3 aromatic rings. The Morgan fingerprint density at radius 3 is 2.15 bits per heavy atom. The van der Waals surface area contributed by atoms with Crippen molar-refractivity contribution in [3.8, 4) is 5.75 Å². The monoisotopic (exact) mass is 440 g/mol. The number of anilines is 2. The average molecular weight is 441 g/mol. The summed E-state index contributed by atoms with van der Waals surface area (Å²) in [5.74, 6) is 0.00306. The first-order valence-electron chi connectivity index (χ1n) is 11.2. The van der Waals surface area contributed by atoms with E-state index in [-0.39, 0.29) is 17.5 Å². The van der Waals surface area contributed by atoms with Crippen LogP contribution in [0, 0.1) is 13.8 Å². The minimum absolute atomic E-state index is 0.274. The van der Waals surface area contributed by atoms with Gasteiger partial charge in [-0.3, -0.25) is 9.59 Å². The van der Waals surface area contributed by atoms with E-state index in [1.807, 2.05) is 87.5 Å². The van der Waals surface area contributed by atoms with E-state index in [9.17, 15) is 9.59 Å². The summed E-state index contributed by atoms with van der Waals surface area (Å²) in [6.45, 7) is 8.55. The van der Waals surface area contributed by atoms with Crippen molar-refractivity contribution in [2.24, 2.45) is 0 Å². The van der Waals surface area contributed by atoms with Crippen LogP contribution in [-0.4, -0.2) is 18.4 Å². The van der Waals surface area contributed by atoms with Crippen LogP contribution < -0.4 is 15.0 Å². The fraction of sp³-hybridized carbons (Fsp3) is 0.214. The van der Waals surface area contributed by atoms with Crippen molar-refractivity contribution in [2.75, 3.05) is 16.8 Å². The van der Waals surface area contributed by atoms with Crippen LogP contribution in [0.5, 0.6) is 5.75 Å². The van der Waals surface area contributed by atoms with Crippen LogP contribution >= 0.6 is 0 Å². The summed E-state index contributed by atoms with van der Waals surface area (Å²) in [7, 11) is 0. The molecule has 0 unspecified atom stereocenters. The Kier molecular flexibility index (Phi) is 6.31. The van der Waals surface area contributed by atoms with Crippen molar-refractivity contribution in [1.82, 2.24) is 0 Å². The zero-order valence-electron chi connectivity index (χ0n) is 19.4. The summed E-state index contributed by atoms with van der Waals surface area (Å²) < 4.78 is 5.54. The molecule has 1 N–H and O–H groups in total. The Morgan fingerprint density at radius 1 is 0.848 bits per heavy atom. The van der Waals surface area contributed by atoms with Gasteiger partial charge in [-0.15, -0.1) is 0 Å². The van der Waals surface area contributed by atoms with Crippen molar-refractivity contribution >= 4 is 28.8 Å². The third kappa shape index (κ3) is 4.40. The zero-order valence-corrected chi connectivity index (χ0v) is 19.4. The number of imide groups is 1. The molecule has 0 saturated heterocycles. The molecule has 33 heavy (non-hydrogen) atoms. The van der Waals surface area contributed by atoms with E-state index in [2.05, 4.69) is 12.2 Å². The number of rotatable bonds is 7. The molecule has 1 heterocycles. The van der Waals surface area contributed by atoms with Crippen molar-refractivity contribution in [1.29, 1.82) is 0 Å². The molecule has 1 aliphatic rings. The minimum Gasteiger partial charge on any atom is -0.494 e. The zero-order chi connectivity index (χ0) is 23.5. The Hall–Kier alpha value is -3.86. The highest BCUT2D eigenvalue weighted by atomic mass is 16.5. The van der Waals surface area contributed by atoms with Gasteiger partial charge in [0.25, 0.3) is 11.8 Å². The highest BCUT2D eigenvalue weighted by Crippen LogP contribution is 2.35. The molecule has 0 radical (unpaired) electrons. The third-order valence-corrected chi connectivity index (χ3v) is 5.78. The van der Waals surface area contributed by atoms with Crippen LogP contribution in [0.15, 0.2) is 72.4 Å². The number of carbonyl (C=O) groups is 2. The van der Waals surface area contributed by atoms with Crippen LogP contribution in [0.4, 0.5) is 11.4 Å². The van der Waals surface area contributed by atoms with Crippen LogP contribution in [0.3, 0.4) is 0 Å². The normalized spacial score (nSPS) is 13.6. The molecule has 0 spiro atoms. The fourth-order valence-corrected chi connectivity index (χ4v) is 4.00. The van der Waals surface area contributed by atoms with Gasteiger partial charge in [-0.05, 0) is 74.2 Å². The number of ether oxygens (including phenoxy) is 1. The van der Waals surface area contributed by atoms with Gasteiger partial charge in [0.2, 0.25) is 0 Å². The number of nitrogens with one attached hydrogen (secondary N) is 1. The molecule has 0 aromatic heterocycles. The van der Waals surface area contributed by atoms with Gasteiger partial charge in [0, 0.05) is 5.69 Å². The van der Waals surface area contributed by atoms with E-state index in [4.69, 9.17) is 4.74 Å². The van der Waals surface area contributed by atoms with Gasteiger partial charge in [-0.1, -0.05) is 48.9 Å². The first-order chi connectivity index (χ1) is 15.9. The maximum Gasteiger partial charge on any atom is 0.282 e. The lowest BCUT2D eigenvalue weighted by molar-refractivity contribution is -0.120. The lowest BCUT2D eigenvalue weighted by atomic mass is 10.0. The Bertz CT molecular complexity index is 1230. The topological polar surface area (TPSA) is 58.6 Å². The number of hydrogen-bond donors (Lipinski definition) is 1. The van der Waals surface area contributed by atoms with E-state index in [0.29, 0.717) is 23.4 Å². The van der Waals surface area contributed by atoms with Crippen LogP contribution in [0.2, 0.25) is 0 Å². The second kappa shape index (κ2) is 9.33. The Balaban J connectivity index is 1.79. The number of benzene rings is 3. The van der Waals surface area contributed by atoms with E-state index in [1.165, 1.54) is 4.90 Å². The van der Waals surface area contributed by atoms with Crippen LogP contribution in [-0.2, 0) is 16.0 Å². The summed E-state index contributed by atoms with van der Waals surface area (Å²) in [6.07, 6.45) is 0.886. The summed E-state index contributed by atoms with van der Waals surface area (Å²) in [6, 6.07) is 20.8. The van der Waals surface area contributed by atoms with Gasteiger partial charge in [-0.2, -0.15) is 0 Å². The number of carbonyl (C=O) groups excluding carboxylic acids is 2.